The summed E-state index contributed by atoms with van der Waals surface area (Å²) in [6.45, 7) is 0. The Hall–Kier alpha value is -2.80. The molecular formula is C21H19FN4OS. The number of nitrogens with one attached hydrogen (secondary N) is 1. The average Bonchev–Trinajstić information content (AvgIpc) is 3.38. The summed E-state index contributed by atoms with van der Waals surface area (Å²) >= 11 is 0. The van der Waals surface area contributed by atoms with Crippen molar-refractivity contribution in [1.29, 1.82) is 0 Å². The van der Waals surface area contributed by atoms with Crippen LogP contribution in [0.1, 0.15) is 24.5 Å². The van der Waals surface area contributed by atoms with Gasteiger partial charge in [0.05, 0.1) is 17.4 Å². The van der Waals surface area contributed by atoms with Crippen molar-refractivity contribution in [3.05, 3.63) is 54.1 Å². The molecule has 1 saturated carbocycles. The van der Waals surface area contributed by atoms with Crippen LogP contribution in [0.25, 0.3) is 32.8 Å². The number of aromatic amines is 1. The summed E-state index contributed by atoms with van der Waals surface area (Å²) in [5.41, 5.74) is 3.74. The Labute approximate surface area is 162 Å². The maximum Gasteiger partial charge on any atom is 0.169 e. The second-order valence-corrected chi connectivity index (χ2v) is 10.1. The molecule has 1 fully saturated rings. The van der Waals surface area contributed by atoms with Crippen LogP contribution >= 0.6 is 0 Å². The first kappa shape index (κ1) is 17.3. The van der Waals surface area contributed by atoms with E-state index in [0.717, 1.165) is 51.3 Å². The summed E-state index contributed by atoms with van der Waals surface area (Å²) < 4.78 is 30.4. The molecule has 0 amide bonds. The lowest BCUT2D eigenvalue weighted by Gasteiger charge is -2.15. The molecule has 0 saturated heterocycles. The van der Waals surface area contributed by atoms with Gasteiger partial charge in [0.15, 0.2) is 5.82 Å². The van der Waals surface area contributed by atoms with Crippen LogP contribution in [-0.4, -0.2) is 31.9 Å². The molecule has 28 heavy (non-hydrogen) atoms. The molecule has 7 heteroatoms. The molecule has 1 aliphatic carbocycles. The Morgan fingerprint density at radius 3 is 2.57 bits per heavy atom. The van der Waals surface area contributed by atoms with Crippen molar-refractivity contribution in [2.45, 2.75) is 18.8 Å². The third-order valence-corrected chi connectivity index (χ3v) is 5.59. The molecule has 0 radical (unpaired) electrons. The quantitative estimate of drug-likeness (QED) is 0.522. The van der Waals surface area contributed by atoms with Crippen molar-refractivity contribution in [3.8, 4) is 11.1 Å². The highest BCUT2D eigenvalue weighted by molar-refractivity contribution is 7.92. The maximum absolute atomic E-state index is 13.5. The van der Waals surface area contributed by atoms with Gasteiger partial charge in [-0.2, -0.15) is 9.46 Å². The zero-order valence-electron chi connectivity index (χ0n) is 15.6. The van der Waals surface area contributed by atoms with Crippen molar-refractivity contribution in [3.63, 3.8) is 0 Å². The Balaban J connectivity index is 1.94. The van der Waals surface area contributed by atoms with Crippen LogP contribution in [0.2, 0.25) is 0 Å². The summed E-state index contributed by atoms with van der Waals surface area (Å²) in [7, 11) is -2.38. The van der Waals surface area contributed by atoms with Crippen molar-refractivity contribution in [2.75, 3.05) is 12.5 Å². The lowest BCUT2D eigenvalue weighted by molar-refractivity contribution is 0.628. The van der Waals surface area contributed by atoms with E-state index in [9.17, 15) is 8.60 Å². The molecule has 0 bridgehead atoms. The summed E-state index contributed by atoms with van der Waals surface area (Å²) in [5, 5.41) is 9.87. The van der Waals surface area contributed by atoms with E-state index in [1.54, 1.807) is 30.8 Å². The highest BCUT2D eigenvalue weighted by Crippen LogP contribution is 2.48. The molecule has 1 N–H and O–H groups in total. The summed E-state index contributed by atoms with van der Waals surface area (Å²) in [6, 6.07) is 10.5. The normalized spacial score (nSPS) is 14.7. The van der Waals surface area contributed by atoms with Crippen LogP contribution in [0.5, 0.6) is 0 Å². The number of nitrogens with zero attached hydrogens (tertiary/aromatic N) is 3. The number of halogens is 1. The van der Waals surface area contributed by atoms with Crippen LogP contribution in [0.3, 0.4) is 0 Å². The number of pyridine rings is 1. The predicted molar refractivity (Wildman–Crippen MR) is 111 cm³/mol. The molecule has 2 heterocycles. The van der Waals surface area contributed by atoms with Gasteiger partial charge in [0.2, 0.25) is 0 Å². The highest BCUT2D eigenvalue weighted by atomic mass is 32.2. The van der Waals surface area contributed by atoms with Crippen LogP contribution < -0.4 is 0 Å². The molecule has 4 aromatic rings. The Kier molecular flexibility index (Phi) is 3.77. The van der Waals surface area contributed by atoms with E-state index in [4.69, 9.17) is 4.98 Å². The van der Waals surface area contributed by atoms with Gasteiger partial charge in [-0.05, 0) is 48.1 Å². The first-order valence-electron chi connectivity index (χ1n) is 9.13. The van der Waals surface area contributed by atoms with Gasteiger partial charge in [-0.1, -0.05) is 12.1 Å². The fourth-order valence-corrected chi connectivity index (χ4v) is 4.16. The van der Waals surface area contributed by atoms with Gasteiger partial charge in [-0.25, -0.2) is 13.6 Å². The van der Waals surface area contributed by atoms with Crippen molar-refractivity contribution in [1.82, 2.24) is 15.2 Å². The minimum absolute atomic E-state index is 0.269. The van der Waals surface area contributed by atoms with Crippen molar-refractivity contribution in [2.24, 2.45) is 4.36 Å². The summed E-state index contributed by atoms with van der Waals surface area (Å²) in [4.78, 5) is 4.86. The minimum Gasteiger partial charge on any atom is -0.278 e. The molecule has 2 aromatic carbocycles. The minimum atomic E-state index is -2.38. The zero-order valence-corrected chi connectivity index (χ0v) is 16.4. The monoisotopic (exact) mass is 394 g/mol. The number of hydrogen-bond acceptors (Lipinski definition) is 4. The topological polar surface area (TPSA) is 71.0 Å². The number of aromatic nitrogens is 3. The molecule has 1 aliphatic rings. The standard InChI is InChI=1S/C21H19FN4OS/c1-28(2,27)26-21-17-10-18-14(11-23-25-18)9-16(17)19(20(24-21)13-3-4-13)12-5-7-15(22)8-6-12/h5-11,13H,3-4H2,1-2H3,(H,23,25). The predicted octanol–water partition coefficient (Wildman–Crippen LogP) is 5.15. The molecule has 2 aromatic heterocycles. The lowest BCUT2D eigenvalue weighted by atomic mass is 9.94. The molecule has 0 aliphatic heterocycles. The number of rotatable bonds is 3. The van der Waals surface area contributed by atoms with Gasteiger partial charge in [-0.15, -0.1) is 0 Å². The third-order valence-electron chi connectivity index (χ3n) is 4.97. The van der Waals surface area contributed by atoms with Crippen LogP contribution in [0.15, 0.2) is 47.0 Å². The third kappa shape index (κ3) is 3.05. The average molecular weight is 394 g/mol. The van der Waals surface area contributed by atoms with E-state index < -0.39 is 9.73 Å². The van der Waals surface area contributed by atoms with E-state index in [1.165, 1.54) is 12.1 Å². The molecule has 0 spiro atoms. The number of fused-ring (bicyclic) bond motifs is 2. The first-order valence-corrected chi connectivity index (χ1v) is 11.5. The van der Waals surface area contributed by atoms with Crippen molar-refractivity contribution >= 4 is 37.2 Å². The van der Waals surface area contributed by atoms with E-state index in [-0.39, 0.29) is 5.82 Å². The Morgan fingerprint density at radius 2 is 1.89 bits per heavy atom. The van der Waals surface area contributed by atoms with Gasteiger partial charge in [-0.3, -0.25) is 5.10 Å². The highest BCUT2D eigenvalue weighted by Gasteiger charge is 2.30. The fourth-order valence-electron chi connectivity index (χ4n) is 3.60. The SMILES string of the molecule is CS(C)(=O)=Nc1nc(C2CC2)c(-c2ccc(F)cc2)c2cc3cn[nH]c3cc12. The van der Waals surface area contributed by atoms with E-state index >= 15 is 0 Å². The number of H-pyrrole nitrogens is 1. The second-order valence-electron chi connectivity index (χ2n) is 7.60. The molecule has 0 atom stereocenters. The van der Waals surface area contributed by atoms with Gasteiger partial charge >= 0.3 is 0 Å². The summed E-state index contributed by atoms with van der Waals surface area (Å²) in [6.07, 6.45) is 7.13. The van der Waals surface area contributed by atoms with Crippen LogP contribution in [-0.2, 0) is 9.73 Å². The molecule has 5 nitrogen and oxygen atoms in total. The Bertz CT molecular complexity index is 1340. The zero-order chi connectivity index (χ0) is 19.5. The fraction of sp³-hybridized carbons (Fsp3) is 0.238. The van der Waals surface area contributed by atoms with Crippen molar-refractivity contribution < 1.29 is 8.60 Å². The van der Waals surface area contributed by atoms with Crippen LogP contribution in [0, 0.1) is 5.82 Å². The van der Waals surface area contributed by atoms with Gasteiger partial charge < -0.3 is 0 Å². The van der Waals surface area contributed by atoms with Gasteiger partial charge in [0.1, 0.15) is 5.82 Å². The smallest absolute Gasteiger partial charge is 0.169 e. The number of hydrogen-bond donors (Lipinski definition) is 1. The summed E-state index contributed by atoms with van der Waals surface area (Å²) in [5.74, 6) is 0.576. The Morgan fingerprint density at radius 1 is 1.14 bits per heavy atom. The van der Waals surface area contributed by atoms with Gasteiger partial charge in [0, 0.05) is 44.5 Å². The first-order chi connectivity index (χ1) is 13.4. The molecule has 5 rings (SSSR count). The lowest BCUT2D eigenvalue weighted by Crippen LogP contribution is -1.98. The maximum atomic E-state index is 13.5. The number of benzene rings is 2. The molecule has 142 valence electrons. The van der Waals surface area contributed by atoms with Gasteiger partial charge in [0.25, 0.3) is 0 Å². The second kappa shape index (κ2) is 6.10. The van der Waals surface area contributed by atoms with E-state index in [2.05, 4.69) is 20.6 Å². The van der Waals surface area contributed by atoms with E-state index in [1.807, 2.05) is 6.07 Å². The largest absolute Gasteiger partial charge is 0.278 e. The van der Waals surface area contributed by atoms with Crippen LogP contribution in [0.4, 0.5) is 10.2 Å². The molecular weight excluding hydrogens is 375 g/mol. The molecule has 0 unspecified atom stereocenters. The van der Waals surface area contributed by atoms with E-state index in [0.29, 0.717) is 11.7 Å².